The molecule has 0 radical (unpaired) electrons. The monoisotopic (exact) mass is 442 g/mol. The van der Waals surface area contributed by atoms with Gasteiger partial charge in [0.2, 0.25) is 5.95 Å². The van der Waals surface area contributed by atoms with Gasteiger partial charge in [-0.25, -0.2) is 9.37 Å². The fourth-order valence-corrected chi connectivity index (χ4v) is 5.80. The molecule has 0 spiro atoms. The van der Waals surface area contributed by atoms with Gasteiger partial charge in [0.1, 0.15) is 17.0 Å². The summed E-state index contributed by atoms with van der Waals surface area (Å²) >= 11 is 1.39. The molecule has 164 valence electrons. The van der Waals surface area contributed by atoms with Crippen LogP contribution in [0.1, 0.15) is 24.1 Å². The number of piperazine rings is 1. The summed E-state index contributed by atoms with van der Waals surface area (Å²) in [5, 5.41) is 13.7. The molecule has 0 amide bonds. The van der Waals surface area contributed by atoms with Crippen LogP contribution in [0.25, 0.3) is 0 Å². The highest BCUT2D eigenvalue weighted by atomic mass is 32.1. The minimum absolute atomic E-state index is 0.186. The van der Waals surface area contributed by atoms with Crippen molar-refractivity contribution >= 4 is 28.3 Å². The van der Waals surface area contributed by atoms with Crippen LogP contribution in [0.5, 0.6) is 0 Å². The normalized spacial score (nSPS) is 25.7. The summed E-state index contributed by atoms with van der Waals surface area (Å²) in [5.74, 6) is 1.45. The van der Waals surface area contributed by atoms with E-state index in [-0.39, 0.29) is 11.6 Å². The van der Waals surface area contributed by atoms with Gasteiger partial charge in [0, 0.05) is 57.1 Å². The van der Waals surface area contributed by atoms with Gasteiger partial charge >= 0.3 is 0 Å². The van der Waals surface area contributed by atoms with E-state index in [0.717, 1.165) is 54.8 Å². The summed E-state index contributed by atoms with van der Waals surface area (Å²) < 4.78 is 18.2. The molecule has 0 bridgehead atoms. The molecule has 3 saturated heterocycles. The quantitative estimate of drug-likeness (QED) is 0.756. The molecular weight excluding hydrogens is 415 g/mol. The molecule has 1 N–H and O–H groups in total. The first-order chi connectivity index (χ1) is 15.0. The molecule has 0 aliphatic carbocycles. The van der Waals surface area contributed by atoms with E-state index < -0.39 is 6.17 Å². The SMILES string of the molecule is Cc1cc(Nc2ncc(C)c(N3CC(CC#N)(N4CCN5C[C@@H](F)C[C@@H]5C4)C3)n2)sn1. The number of aryl methyl sites for hydroxylation is 2. The minimum atomic E-state index is -0.716. The molecule has 2 aromatic heterocycles. The van der Waals surface area contributed by atoms with Crippen molar-refractivity contribution in [2.45, 2.75) is 44.4 Å². The van der Waals surface area contributed by atoms with Crippen molar-refractivity contribution in [3.05, 3.63) is 23.5 Å². The van der Waals surface area contributed by atoms with Gasteiger partial charge in [-0.05, 0) is 37.9 Å². The van der Waals surface area contributed by atoms with E-state index in [2.05, 4.69) is 35.4 Å². The topological polar surface area (TPSA) is 84.2 Å². The molecule has 5 rings (SSSR count). The van der Waals surface area contributed by atoms with Crippen molar-refractivity contribution in [2.75, 3.05) is 49.5 Å². The Morgan fingerprint density at radius 2 is 2.16 bits per heavy atom. The lowest BCUT2D eigenvalue weighted by molar-refractivity contribution is -0.000627. The first-order valence-electron chi connectivity index (χ1n) is 10.7. The molecule has 2 aromatic rings. The predicted octanol–water partition coefficient (Wildman–Crippen LogP) is 2.49. The summed E-state index contributed by atoms with van der Waals surface area (Å²) in [7, 11) is 0. The van der Waals surface area contributed by atoms with Crippen LogP contribution in [-0.4, -0.2) is 81.2 Å². The number of hydrogen-bond acceptors (Lipinski definition) is 9. The van der Waals surface area contributed by atoms with Crippen LogP contribution in [0.2, 0.25) is 0 Å². The van der Waals surface area contributed by atoms with Gasteiger partial charge in [0.05, 0.1) is 23.7 Å². The molecule has 2 atom stereocenters. The number of alkyl halides is 1. The molecule has 3 aliphatic heterocycles. The van der Waals surface area contributed by atoms with Crippen LogP contribution >= 0.6 is 11.5 Å². The number of halogens is 1. The second-order valence-electron chi connectivity index (χ2n) is 9.00. The molecule has 3 aliphatic rings. The summed E-state index contributed by atoms with van der Waals surface area (Å²) in [5.41, 5.74) is 1.79. The van der Waals surface area contributed by atoms with Crippen molar-refractivity contribution in [1.29, 1.82) is 5.26 Å². The maximum atomic E-state index is 13.9. The highest BCUT2D eigenvalue weighted by Gasteiger charge is 2.51. The third-order valence-corrected chi connectivity index (χ3v) is 7.52. The van der Waals surface area contributed by atoms with Crippen LogP contribution in [0.3, 0.4) is 0 Å². The Kier molecular flexibility index (Phi) is 5.28. The number of hydrogen-bond donors (Lipinski definition) is 1. The van der Waals surface area contributed by atoms with Crippen LogP contribution < -0.4 is 10.2 Å². The van der Waals surface area contributed by atoms with Gasteiger partial charge < -0.3 is 10.2 Å². The first-order valence-corrected chi connectivity index (χ1v) is 11.5. The van der Waals surface area contributed by atoms with Crippen molar-refractivity contribution in [3.8, 4) is 6.07 Å². The highest BCUT2D eigenvalue weighted by molar-refractivity contribution is 7.10. The van der Waals surface area contributed by atoms with Gasteiger partial charge in [-0.3, -0.25) is 9.80 Å². The zero-order valence-corrected chi connectivity index (χ0v) is 18.7. The Morgan fingerprint density at radius 3 is 2.90 bits per heavy atom. The molecule has 0 aromatic carbocycles. The molecule has 0 saturated carbocycles. The summed E-state index contributed by atoms with van der Waals surface area (Å²) in [6.07, 6.45) is 2.21. The van der Waals surface area contributed by atoms with E-state index in [0.29, 0.717) is 25.3 Å². The number of aromatic nitrogens is 3. The van der Waals surface area contributed by atoms with Crippen LogP contribution in [0, 0.1) is 25.2 Å². The Bertz CT molecular complexity index is 998. The molecule has 31 heavy (non-hydrogen) atoms. The van der Waals surface area contributed by atoms with Crippen molar-refractivity contribution in [3.63, 3.8) is 0 Å². The summed E-state index contributed by atoms with van der Waals surface area (Å²) in [6, 6.07) is 4.65. The first kappa shape index (κ1) is 20.5. The lowest BCUT2D eigenvalue weighted by Gasteiger charge is -2.58. The number of anilines is 3. The van der Waals surface area contributed by atoms with Crippen LogP contribution in [0.15, 0.2) is 12.3 Å². The van der Waals surface area contributed by atoms with Gasteiger partial charge in [0.25, 0.3) is 0 Å². The van der Waals surface area contributed by atoms with Crippen LogP contribution in [-0.2, 0) is 0 Å². The summed E-state index contributed by atoms with van der Waals surface area (Å²) in [6.45, 7) is 8.65. The van der Waals surface area contributed by atoms with Crippen molar-refractivity contribution in [1.82, 2.24) is 24.1 Å². The van der Waals surface area contributed by atoms with E-state index in [4.69, 9.17) is 4.98 Å². The Balaban J connectivity index is 1.30. The lowest BCUT2D eigenvalue weighted by atomic mass is 9.83. The van der Waals surface area contributed by atoms with Crippen molar-refractivity contribution < 1.29 is 4.39 Å². The van der Waals surface area contributed by atoms with Crippen molar-refractivity contribution in [2.24, 2.45) is 0 Å². The fraction of sp³-hybridized carbons (Fsp3) is 0.619. The molecule has 8 nitrogen and oxygen atoms in total. The number of nitrogens with one attached hydrogen (secondary N) is 1. The second-order valence-corrected chi connectivity index (χ2v) is 9.81. The molecule has 3 fully saturated rings. The number of fused-ring (bicyclic) bond motifs is 1. The third-order valence-electron chi connectivity index (χ3n) is 6.72. The smallest absolute Gasteiger partial charge is 0.229 e. The fourth-order valence-electron chi connectivity index (χ4n) is 5.14. The minimum Gasteiger partial charge on any atom is -0.352 e. The largest absolute Gasteiger partial charge is 0.352 e. The standard InChI is InChI=1S/C21H27FN8S/c1-14-9-24-20(25-18-7-15(2)27-31-18)26-19(14)29-12-21(13-29,3-4-23)30-6-5-28-10-16(22)8-17(28)11-30/h7,9,16-17H,3,5-6,8,10-13H2,1-2H3,(H,24,25,26)/t16-,17+/m0/s1. The van der Waals surface area contributed by atoms with E-state index in [1.54, 1.807) is 0 Å². The van der Waals surface area contributed by atoms with Gasteiger partial charge in [-0.1, -0.05) is 0 Å². The van der Waals surface area contributed by atoms with Crippen LogP contribution in [0.4, 0.5) is 21.2 Å². The molecular formula is C21H27FN8S. The Morgan fingerprint density at radius 1 is 1.32 bits per heavy atom. The molecule has 0 unspecified atom stereocenters. The average molecular weight is 443 g/mol. The maximum Gasteiger partial charge on any atom is 0.229 e. The molecule has 10 heteroatoms. The zero-order chi connectivity index (χ0) is 21.6. The summed E-state index contributed by atoms with van der Waals surface area (Å²) in [4.78, 5) is 16.1. The average Bonchev–Trinajstić information content (AvgIpc) is 3.29. The van der Waals surface area contributed by atoms with E-state index in [9.17, 15) is 9.65 Å². The third kappa shape index (κ3) is 3.86. The maximum absolute atomic E-state index is 13.9. The molecule has 5 heterocycles. The highest BCUT2D eigenvalue weighted by Crippen LogP contribution is 2.38. The second kappa shape index (κ2) is 7.97. The number of nitriles is 1. The van der Waals surface area contributed by atoms with E-state index in [1.165, 1.54) is 11.5 Å². The van der Waals surface area contributed by atoms with Gasteiger partial charge in [0.15, 0.2) is 0 Å². The Hall–Kier alpha value is -2.35. The lowest BCUT2D eigenvalue weighted by Crippen LogP contribution is -2.73. The van der Waals surface area contributed by atoms with E-state index in [1.807, 2.05) is 26.1 Å². The number of rotatable bonds is 5. The Labute approximate surface area is 185 Å². The van der Waals surface area contributed by atoms with Gasteiger partial charge in [-0.2, -0.15) is 14.6 Å². The van der Waals surface area contributed by atoms with Gasteiger partial charge in [-0.15, -0.1) is 0 Å². The number of nitrogens with zero attached hydrogens (tertiary/aromatic N) is 7. The zero-order valence-electron chi connectivity index (χ0n) is 17.9. The predicted molar refractivity (Wildman–Crippen MR) is 119 cm³/mol. The van der Waals surface area contributed by atoms with E-state index >= 15 is 0 Å².